The van der Waals surface area contributed by atoms with Crippen LogP contribution in [0.25, 0.3) is 10.9 Å². The van der Waals surface area contributed by atoms with Crippen molar-refractivity contribution in [2.75, 3.05) is 19.6 Å². The van der Waals surface area contributed by atoms with Gasteiger partial charge in [-0.1, -0.05) is 19.1 Å². The molecule has 0 amide bonds. The highest BCUT2D eigenvalue weighted by Crippen LogP contribution is 2.21. The van der Waals surface area contributed by atoms with Gasteiger partial charge in [-0.15, -0.1) is 0 Å². The number of aromatic nitrogens is 1. The lowest BCUT2D eigenvalue weighted by Crippen LogP contribution is -2.37. The van der Waals surface area contributed by atoms with Gasteiger partial charge in [-0.25, -0.2) is 0 Å². The number of nitrogens with one attached hydrogen (secondary N) is 1. The maximum atomic E-state index is 4.39. The number of fused-ring (bicyclic) bond motifs is 1. The first-order chi connectivity index (χ1) is 9.86. The van der Waals surface area contributed by atoms with Crippen molar-refractivity contribution in [3.63, 3.8) is 0 Å². The van der Waals surface area contributed by atoms with Crippen molar-refractivity contribution in [2.45, 2.75) is 32.4 Å². The van der Waals surface area contributed by atoms with Crippen molar-refractivity contribution in [3.8, 4) is 0 Å². The van der Waals surface area contributed by atoms with Gasteiger partial charge in [-0.3, -0.25) is 9.88 Å². The van der Waals surface area contributed by atoms with Crippen LogP contribution in [-0.2, 0) is 6.54 Å². The molecule has 1 atom stereocenters. The maximum Gasteiger partial charge on any atom is 0.0702 e. The standard InChI is InChI=1S/C17H23N3/c1-2-18-12-16-6-4-10-20(16)13-14-7-8-17-15(11-14)5-3-9-19-17/h3,5,7-9,11,16,18H,2,4,6,10,12-13H2,1H3. The second-order valence-electron chi connectivity index (χ2n) is 5.60. The average molecular weight is 269 g/mol. The highest BCUT2D eigenvalue weighted by atomic mass is 15.2. The summed E-state index contributed by atoms with van der Waals surface area (Å²) in [6, 6.07) is 11.5. The fourth-order valence-electron chi connectivity index (χ4n) is 3.10. The Balaban J connectivity index is 1.71. The lowest BCUT2D eigenvalue weighted by molar-refractivity contribution is 0.240. The largest absolute Gasteiger partial charge is 0.315 e. The van der Waals surface area contributed by atoms with E-state index in [1.54, 1.807) is 0 Å². The first-order valence-corrected chi connectivity index (χ1v) is 7.65. The molecule has 2 heterocycles. The summed E-state index contributed by atoms with van der Waals surface area (Å²) in [5.41, 5.74) is 2.48. The molecule has 1 aromatic heterocycles. The fraction of sp³-hybridized carbons (Fsp3) is 0.471. The number of rotatable bonds is 5. The number of hydrogen-bond acceptors (Lipinski definition) is 3. The van der Waals surface area contributed by atoms with Crippen molar-refractivity contribution in [1.82, 2.24) is 15.2 Å². The Labute approximate surface area is 121 Å². The molecule has 0 aliphatic carbocycles. The summed E-state index contributed by atoms with van der Waals surface area (Å²) in [5.74, 6) is 0. The molecule has 3 nitrogen and oxygen atoms in total. The average Bonchev–Trinajstić information content (AvgIpc) is 2.92. The molecule has 2 aromatic rings. The summed E-state index contributed by atoms with van der Waals surface area (Å²) in [4.78, 5) is 7.00. The molecule has 1 fully saturated rings. The van der Waals surface area contributed by atoms with E-state index in [-0.39, 0.29) is 0 Å². The second-order valence-corrected chi connectivity index (χ2v) is 5.60. The molecule has 3 rings (SSSR count). The van der Waals surface area contributed by atoms with Gasteiger partial charge in [0.2, 0.25) is 0 Å². The lowest BCUT2D eigenvalue weighted by Gasteiger charge is -2.24. The van der Waals surface area contributed by atoms with Gasteiger partial charge >= 0.3 is 0 Å². The van der Waals surface area contributed by atoms with Crippen LogP contribution >= 0.6 is 0 Å². The monoisotopic (exact) mass is 269 g/mol. The molecule has 3 heteroatoms. The van der Waals surface area contributed by atoms with E-state index in [1.165, 1.54) is 30.3 Å². The van der Waals surface area contributed by atoms with Crippen LogP contribution in [0.2, 0.25) is 0 Å². The van der Waals surface area contributed by atoms with Crippen molar-refractivity contribution < 1.29 is 0 Å². The zero-order chi connectivity index (χ0) is 13.8. The van der Waals surface area contributed by atoms with E-state index in [0.717, 1.165) is 25.2 Å². The molecule has 20 heavy (non-hydrogen) atoms. The van der Waals surface area contributed by atoms with Crippen molar-refractivity contribution in [1.29, 1.82) is 0 Å². The maximum absolute atomic E-state index is 4.39. The summed E-state index contributed by atoms with van der Waals surface area (Å²) < 4.78 is 0. The van der Waals surface area contributed by atoms with Crippen LogP contribution in [0.1, 0.15) is 25.3 Å². The van der Waals surface area contributed by atoms with Crippen molar-refractivity contribution in [3.05, 3.63) is 42.1 Å². The lowest BCUT2D eigenvalue weighted by atomic mass is 10.1. The molecule has 0 radical (unpaired) electrons. The van der Waals surface area contributed by atoms with Gasteiger partial charge in [0, 0.05) is 30.7 Å². The molecule has 0 bridgehead atoms. The van der Waals surface area contributed by atoms with Crippen LogP contribution in [0.15, 0.2) is 36.5 Å². The molecule has 1 aliphatic heterocycles. The Bertz CT molecular complexity index is 567. The highest BCUT2D eigenvalue weighted by molar-refractivity contribution is 5.78. The number of hydrogen-bond donors (Lipinski definition) is 1. The van der Waals surface area contributed by atoms with E-state index < -0.39 is 0 Å². The zero-order valence-corrected chi connectivity index (χ0v) is 12.2. The Morgan fingerprint density at radius 1 is 1.35 bits per heavy atom. The molecular weight excluding hydrogens is 246 g/mol. The van der Waals surface area contributed by atoms with Crippen LogP contribution < -0.4 is 5.32 Å². The predicted octanol–water partition coefficient (Wildman–Crippen LogP) is 2.81. The van der Waals surface area contributed by atoms with E-state index >= 15 is 0 Å². The van der Waals surface area contributed by atoms with Crippen LogP contribution in [0.3, 0.4) is 0 Å². The van der Waals surface area contributed by atoms with Crippen LogP contribution in [0.5, 0.6) is 0 Å². The SMILES string of the molecule is CCNCC1CCCN1Cc1ccc2ncccc2c1. The molecular formula is C17H23N3. The summed E-state index contributed by atoms with van der Waals surface area (Å²) in [6.45, 7) is 6.63. The molecule has 1 N–H and O–H groups in total. The number of likely N-dealkylation sites (N-methyl/N-ethyl adjacent to an activating group) is 1. The number of likely N-dealkylation sites (tertiary alicyclic amines) is 1. The number of pyridine rings is 1. The molecule has 1 aliphatic rings. The third-order valence-electron chi connectivity index (χ3n) is 4.18. The summed E-state index contributed by atoms with van der Waals surface area (Å²) in [7, 11) is 0. The second kappa shape index (κ2) is 6.33. The molecule has 1 saturated heterocycles. The molecule has 106 valence electrons. The van der Waals surface area contributed by atoms with Gasteiger partial charge in [0.15, 0.2) is 0 Å². The zero-order valence-electron chi connectivity index (χ0n) is 12.2. The summed E-state index contributed by atoms with van der Waals surface area (Å²) in [6.07, 6.45) is 4.50. The molecule has 0 spiro atoms. The summed E-state index contributed by atoms with van der Waals surface area (Å²) in [5, 5.41) is 4.73. The third kappa shape index (κ3) is 3.00. The van der Waals surface area contributed by atoms with E-state index in [2.05, 4.69) is 46.4 Å². The van der Waals surface area contributed by atoms with E-state index in [9.17, 15) is 0 Å². The van der Waals surface area contributed by atoms with E-state index in [4.69, 9.17) is 0 Å². The third-order valence-corrected chi connectivity index (χ3v) is 4.18. The molecule has 1 unspecified atom stereocenters. The minimum absolute atomic E-state index is 0.694. The van der Waals surface area contributed by atoms with Gasteiger partial charge in [0.1, 0.15) is 0 Å². The van der Waals surface area contributed by atoms with Crippen LogP contribution in [0, 0.1) is 0 Å². The van der Waals surface area contributed by atoms with Crippen LogP contribution in [0.4, 0.5) is 0 Å². The molecule has 0 saturated carbocycles. The van der Waals surface area contributed by atoms with E-state index in [0.29, 0.717) is 6.04 Å². The highest BCUT2D eigenvalue weighted by Gasteiger charge is 2.23. The Kier molecular flexibility index (Phi) is 4.28. The minimum atomic E-state index is 0.694. The topological polar surface area (TPSA) is 28.2 Å². The molecule has 1 aromatic carbocycles. The predicted molar refractivity (Wildman–Crippen MR) is 83.7 cm³/mol. The van der Waals surface area contributed by atoms with Crippen LogP contribution in [-0.4, -0.2) is 35.6 Å². The van der Waals surface area contributed by atoms with Gasteiger partial charge < -0.3 is 5.32 Å². The normalized spacial score (nSPS) is 19.8. The van der Waals surface area contributed by atoms with Gasteiger partial charge in [0.05, 0.1) is 5.52 Å². The van der Waals surface area contributed by atoms with Gasteiger partial charge in [-0.2, -0.15) is 0 Å². The van der Waals surface area contributed by atoms with Crippen molar-refractivity contribution in [2.24, 2.45) is 0 Å². The Morgan fingerprint density at radius 2 is 2.30 bits per heavy atom. The van der Waals surface area contributed by atoms with Gasteiger partial charge in [-0.05, 0) is 49.7 Å². The Morgan fingerprint density at radius 3 is 3.20 bits per heavy atom. The first kappa shape index (κ1) is 13.5. The first-order valence-electron chi connectivity index (χ1n) is 7.65. The van der Waals surface area contributed by atoms with E-state index in [1.807, 2.05) is 12.3 Å². The fourth-order valence-corrected chi connectivity index (χ4v) is 3.10. The summed E-state index contributed by atoms with van der Waals surface area (Å²) >= 11 is 0. The van der Waals surface area contributed by atoms with Gasteiger partial charge in [0.25, 0.3) is 0 Å². The minimum Gasteiger partial charge on any atom is -0.315 e. The Hall–Kier alpha value is -1.45. The number of nitrogens with zero attached hydrogens (tertiary/aromatic N) is 2. The smallest absolute Gasteiger partial charge is 0.0702 e. The number of benzene rings is 1. The quantitative estimate of drug-likeness (QED) is 0.904. The van der Waals surface area contributed by atoms with Crippen molar-refractivity contribution >= 4 is 10.9 Å².